The van der Waals surface area contributed by atoms with E-state index in [4.69, 9.17) is 0 Å². The second kappa shape index (κ2) is 8.24. The third kappa shape index (κ3) is 4.31. The van der Waals surface area contributed by atoms with Crippen LogP contribution in [0.4, 0.5) is 11.8 Å². The van der Waals surface area contributed by atoms with E-state index in [-0.39, 0.29) is 10.7 Å². The number of nitrogens with one attached hydrogen (secondary N) is 1. The number of rotatable bonds is 6. The highest BCUT2D eigenvalue weighted by atomic mass is 32.2. The molecule has 0 saturated carbocycles. The van der Waals surface area contributed by atoms with E-state index in [1.807, 2.05) is 19.9 Å². The molecule has 0 atom stereocenters. The molecule has 0 aliphatic carbocycles. The van der Waals surface area contributed by atoms with Gasteiger partial charge in [-0.05, 0) is 32.9 Å². The van der Waals surface area contributed by atoms with Crippen molar-refractivity contribution in [1.29, 1.82) is 0 Å². The summed E-state index contributed by atoms with van der Waals surface area (Å²) in [6, 6.07) is 8.11. The van der Waals surface area contributed by atoms with Crippen LogP contribution in [0.25, 0.3) is 0 Å². The van der Waals surface area contributed by atoms with E-state index in [1.165, 1.54) is 23.4 Å². The smallest absolute Gasteiger partial charge is 0.243 e. The molecule has 0 amide bonds. The Labute approximate surface area is 165 Å². The van der Waals surface area contributed by atoms with Gasteiger partial charge in [-0.2, -0.15) is 9.29 Å². The van der Waals surface area contributed by atoms with E-state index in [9.17, 15) is 13.2 Å². The standard InChI is InChI=1S/C19H25N5O3S/c1-4-20-19-21-14(2)12-18(22-19)23-8-10-24(11-9-23)28(26,27)17-7-5-6-16(13-17)15(3)25/h5-7,12-13H,4,8-11H2,1-3H3,(H,20,21,22). The van der Waals surface area contributed by atoms with Gasteiger partial charge in [-0.3, -0.25) is 4.79 Å². The number of sulfonamides is 1. The molecule has 1 aromatic heterocycles. The van der Waals surface area contributed by atoms with Crippen molar-refractivity contribution in [2.45, 2.75) is 25.7 Å². The van der Waals surface area contributed by atoms with E-state index < -0.39 is 10.0 Å². The van der Waals surface area contributed by atoms with Gasteiger partial charge in [0.25, 0.3) is 0 Å². The van der Waals surface area contributed by atoms with Crippen LogP contribution in [-0.2, 0) is 10.0 Å². The fourth-order valence-electron chi connectivity index (χ4n) is 3.13. The Morgan fingerprint density at radius 3 is 2.50 bits per heavy atom. The van der Waals surface area contributed by atoms with Gasteiger partial charge in [-0.25, -0.2) is 13.4 Å². The Morgan fingerprint density at radius 1 is 1.14 bits per heavy atom. The van der Waals surface area contributed by atoms with Crippen molar-refractivity contribution in [1.82, 2.24) is 14.3 Å². The average molecular weight is 404 g/mol. The van der Waals surface area contributed by atoms with Crippen LogP contribution < -0.4 is 10.2 Å². The molecule has 1 fully saturated rings. The fraction of sp³-hybridized carbons (Fsp3) is 0.421. The highest BCUT2D eigenvalue weighted by Crippen LogP contribution is 2.22. The van der Waals surface area contributed by atoms with E-state index in [2.05, 4.69) is 20.2 Å². The number of hydrogen-bond acceptors (Lipinski definition) is 7. The van der Waals surface area contributed by atoms with Crippen molar-refractivity contribution in [2.24, 2.45) is 0 Å². The lowest BCUT2D eigenvalue weighted by molar-refractivity contribution is 0.101. The second-order valence-corrected chi connectivity index (χ2v) is 8.63. The summed E-state index contributed by atoms with van der Waals surface area (Å²) < 4.78 is 27.4. The minimum atomic E-state index is -3.64. The zero-order chi connectivity index (χ0) is 20.3. The normalized spacial score (nSPS) is 15.5. The molecule has 150 valence electrons. The summed E-state index contributed by atoms with van der Waals surface area (Å²) >= 11 is 0. The summed E-state index contributed by atoms with van der Waals surface area (Å²) in [6.07, 6.45) is 0. The largest absolute Gasteiger partial charge is 0.354 e. The van der Waals surface area contributed by atoms with Crippen LogP contribution in [0.2, 0.25) is 0 Å². The zero-order valence-electron chi connectivity index (χ0n) is 16.3. The maximum absolute atomic E-state index is 13.0. The maximum Gasteiger partial charge on any atom is 0.243 e. The monoisotopic (exact) mass is 403 g/mol. The Kier molecular flexibility index (Phi) is 5.95. The SMILES string of the molecule is CCNc1nc(C)cc(N2CCN(S(=O)(=O)c3cccc(C(C)=O)c3)CC2)n1. The number of benzene rings is 1. The number of aromatic nitrogens is 2. The zero-order valence-corrected chi connectivity index (χ0v) is 17.2. The molecule has 2 heterocycles. The predicted octanol–water partition coefficient (Wildman–Crippen LogP) is 1.93. The number of aryl methyl sites for hydroxylation is 1. The molecule has 2 aromatic rings. The Morgan fingerprint density at radius 2 is 1.86 bits per heavy atom. The van der Waals surface area contributed by atoms with Crippen LogP contribution >= 0.6 is 0 Å². The molecule has 28 heavy (non-hydrogen) atoms. The van der Waals surface area contributed by atoms with Crippen molar-refractivity contribution in [3.63, 3.8) is 0 Å². The van der Waals surface area contributed by atoms with E-state index >= 15 is 0 Å². The Hall–Kier alpha value is -2.52. The van der Waals surface area contributed by atoms with Crippen LogP contribution in [0.3, 0.4) is 0 Å². The van der Waals surface area contributed by atoms with Gasteiger partial charge in [0.05, 0.1) is 4.90 Å². The molecule has 0 bridgehead atoms. The molecular formula is C19H25N5O3S. The second-order valence-electron chi connectivity index (χ2n) is 6.70. The first-order valence-electron chi connectivity index (χ1n) is 9.27. The first-order valence-corrected chi connectivity index (χ1v) is 10.7. The van der Waals surface area contributed by atoms with Crippen LogP contribution in [-0.4, -0.2) is 61.2 Å². The molecule has 1 aliphatic heterocycles. The minimum absolute atomic E-state index is 0.154. The molecule has 0 spiro atoms. The number of carbonyl (C=O) groups is 1. The summed E-state index contributed by atoms with van der Waals surface area (Å²) in [5.74, 6) is 1.21. The molecule has 1 aromatic carbocycles. The summed E-state index contributed by atoms with van der Waals surface area (Å²) in [4.78, 5) is 22.7. The van der Waals surface area contributed by atoms with E-state index in [1.54, 1.807) is 12.1 Å². The molecule has 1 saturated heterocycles. The molecule has 1 aliphatic rings. The highest BCUT2D eigenvalue weighted by Gasteiger charge is 2.29. The van der Waals surface area contributed by atoms with E-state index in [0.717, 1.165) is 18.1 Å². The Balaban J connectivity index is 1.75. The number of hydrogen-bond donors (Lipinski definition) is 1. The van der Waals surface area contributed by atoms with Gasteiger partial charge in [0.1, 0.15) is 5.82 Å². The molecular weight excluding hydrogens is 378 g/mol. The van der Waals surface area contributed by atoms with Crippen LogP contribution in [0.1, 0.15) is 29.9 Å². The molecule has 0 radical (unpaired) electrons. The first kappa shape index (κ1) is 20.2. The molecule has 0 unspecified atom stereocenters. The summed E-state index contributed by atoms with van der Waals surface area (Å²) in [5.41, 5.74) is 1.25. The highest BCUT2D eigenvalue weighted by molar-refractivity contribution is 7.89. The maximum atomic E-state index is 13.0. The topological polar surface area (TPSA) is 95.5 Å². The number of nitrogens with zero attached hydrogens (tertiary/aromatic N) is 4. The fourth-order valence-corrected chi connectivity index (χ4v) is 4.60. The minimum Gasteiger partial charge on any atom is -0.354 e. The van der Waals surface area contributed by atoms with Crippen LogP contribution in [0.5, 0.6) is 0 Å². The average Bonchev–Trinajstić information content (AvgIpc) is 2.68. The number of Topliss-reactive ketones (excluding diaryl/α,β-unsaturated/α-hetero) is 1. The third-order valence-electron chi connectivity index (χ3n) is 4.62. The van der Waals surface area contributed by atoms with Gasteiger partial charge < -0.3 is 10.2 Å². The van der Waals surface area contributed by atoms with Gasteiger partial charge in [0.2, 0.25) is 16.0 Å². The lowest BCUT2D eigenvalue weighted by Gasteiger charge is -2.34. The van der Waals surface area contributed by atoms with Crippen molar-refractivity contribution in [3.05, 3.63) is 41.6 Å². The van der Waals surface area contributed by atoms with Crippen molar-refractivity contribution in [3.8, 4) is 0 Å². The number of ketones is 1. The van der Waals surface area contributed by atoms with E-state index in [0.29, 0.717) is 37.7 Å². The number of piperazine rings is 1. The molecule has 1 N–H and O–H groups in total. The lowest BCUT2D eigenvalue weighted by Crippen LogP contribution is -2.49. The van der Waals surface area contributed by atoms with Crippen molar-refractivity contribution >= 4 is 27.6 Å². The van der Waals surface area contributed by atoms with Gasteiger partial charge in [0, 0.05) is 50.0 Å². The quantitative estimate of drug-likeness (QED) is 0.736. The van der Waals surface area contributed by atoms with Gasteiger partial charge >= 0.3 is 0 Å². The first-order chi connectivity index (χ1) is 13.3. The molecule has 3 rings (SSSR count). The molecule has 8 nitrogen and oxygen atoms in total. The van der Waals surface area contributed by atoms with Gasteiger partial charge in [-0.1, -0.05) is 12.1 Å². The summed E-state index contributed by atoms with van der Waals surface area (Å²) in [7, 11) is -3.64. The number of anilines is 2. The lowest BCUT2D eigenvalue weighted by atomic mass is 10.2. The summed E-state index contributed by atoms with van der Waals surface area (Å²) in [6.45, 7) is 7.83. The van der Waals surface area contributed by atoms with Crippen molar-refractivity contribution in [2.75, 3.05) is 42.9 Å². The van der Waals surface area contributed by atoms with Gasteiger partial charge in [0.15, 0.2) is 5.78 Å². The van der Waals surface area contributed by atoms with Crippen LogP contribution in [0, 0.1) is 6.92 Å². The van der Waals surface area contributed by atoms with Crippen LogP contribution in [0.15, 0.2) is 35.2 Å². The third-order valence-corrected chi connectivity index (χ3v) is 6.51. The summed E-state index contributed by atoms with van der Waals surface area (Å²) in [5, 5.41) is 3.11. The number of carbonyl (C=O) groups excluding carboxylic acids is 1. The molecule has 9 heteroatoms. The Bertz CT molecular complexity index is 969. The van der Waals surface area contributed by atoms with Crippen molar-refractivity contribution < 1.29 is 13.2 Å². The van der Waals surface area contributed by atoms with Gasteiger partial charge in [-0.15, -0.1) is 0 Å². The predicted molar refractivity (Wildman–Crippen MR) is 108 cm³/mol.